The molecule has 1 fully saturated rings. The van der Waals surface area contributed by atoms with Crippen molar-refractivity contribution in [1.29, 1.82) is 0 Å². The number of rotatable bonds is 3. The first-order valence-electron chi connectivity index (χ1n) is 5.55. The van der Waals surface area contributed by atoms with Crippen molar-refractivity contribution < 1.29 is 9.53 Å². The van der Waals surface area contributed by atoms with Crippen LogP contribution in [0.3, 0.4) is 0 Å². The van der Waals surface area contributed by atoms with Crippen LogP contribution in [-0.4, -0.2) is 47.3 Å². The van der Waals surface area contributed by atoms with Crippen molar-refractivity contribution in [3.8, 4) is 0 Å². The van der Waals surface area contributed by atoms with E-state index in [1.165, 1.54) is 0 Å². The van der Waals surface area contributed by atoms with Gasteiger partial charge in [-0.15, -0.1) is 0 Å². The van der Waals surface area contributed by atoms with Crippen LogP contribution < -0.4 is 0 Å². The lowest BCUT2D eigenvalue weighted by atomic mass is 10.2. The molecule has 0 radical (unpaired) electrons. The van der Waals surface area contributed by atoms with Crippen LogP contribution in [0.25, 0.3) is 0 Å². The molecule has 1 aliphatic heterocycles. The predicted octanol–water partition coefficient (Wildman–Crippen LogP) is 0.969. The van der Waals surface area contributed by atoms with Crippen molar-refractivity contribution in [2.24, 2.45) is 0 Å². The number of aryl methyl sites for hydroxylation is 1. The number of nitrogens with zero attached hydrogens (tertiary/aromatic N) is 2. The van der Waals surface area contributed by atoms with Crippen molar-refractivity contribution in [3.05, 3.63) is 17.5 Å². The molecular formula is C11H17N3O2. The number of amides is 1. The topological polar surface area (TPSA) is 58.2 Å². The minimum absolute atomic E-state index is 0.00162. The second-order valence-electron chi connectivity index (χ2n) is 4.23. The zero-order valence-corrected chi connectivity index (χ0v) is 9.69. The number of carbonyl (C=O) groups excluding carboxylic acids is 1. The lowest BCUT2D eigenvalue weighted by molar-refractivity contribution is 0.0586. The summed E-state index contributed by atoms with van der Waals surface area (Å²) in [4.78, 5) is 13.7. The van der Waals surface area contributed by atoms with Crippen LogP contribution in [0.15, 0.2) is 6.20 Å². The third-order valence-corrected chi connectivity index (χ3v) is 2.91. The minimum atomic E-state index is 0.00162. The summed E-state index contributed by atoms with van der Waals surface area (Å²) >= 11 is 0. The van der Waals surface area contributed by atoms with Gasteiger partial charge >= 0.3 is 0 Å². The molecule has 0 bridgehead atoms. The summed E-state index contributed by atoms with van der Waals surface area (Å²) in [5, 5.41) is 6.62. The van der Waals surface area contributed by atoms with Crippen molar-refractivity contribution in [3.63, 3.8) is 0 Å². The number of nitrogens with one attached hydrogen (secondary N) is 1. The van der Waals surface area contributed by atoms with Crippen LogP contribution in [0, 0.1) is 6.92 Å². The Labute approximate surface area is 94.8 Å². The van der Waals surface area contributed by atoms with Gasteiger partial charge in [0.1, 0.15) is 0 Å². The van der Waals surface area contributed by atoms with Crippen LogP contribution in [0.2, 0.25) is 0 Å². The largest absolute Gasteiger partial charge is 0.376 e. The molecular weight excluding hydrogens is 206 g/mol. The number of H-pyrrole nitrogens is 1. The van der Waals surface area contributed by atoms with Gasteiger partial charge in [-0.05, 0) is 19.8 Å². The van der Waals surface area contributed by atoms with Crippen LogP contribution >= 0.6 is 0 Å². The zero-order chi connectivity index (χ0) is 11.5. The molecule has 2 rings (SSSR count). The molecule has 1 aromatic rings. The molecule has 0 spiro atoms. The third-order valence-electron chi connectivity index (χ3n) is 2.91. The molecule has 1 aliphatic rings. The van der Waals surface area contributed by atoms with Gasteiger partial charge in [-0.25, -0.2) is 0 Å². The van der Waals surface area contributed by atoms with E-state index in [0.717, 1.165) is 25.1 Å². The summed E-state index contributed by atoms with van der Waals surface area (Å²) in [6, 6.07) is 0. The molecule has 88 valence electrons. The first kappa shape index (κ1) is 11.1. The fourth-order valence-corrected chi connectivity index (χ4v) is 1.95. The van der Waals surface area contributed by atoms with E-state index in [1.54, 1.807) is 18.1 Å². The fraction of sp³-hybridized carbons (Fsp3) is 0.636. The van der Waals surface area contributed by atoms with Gasteiger partial charge in [0, 0.05) is 25.9 Å². The minimum Gasteiger partial charge on any atom is -0.376 e. The monoisotopic (exact) mass is 223 g/mol. The molecule has 5 heteroatoms. The molecule has 1 amide bonds. The average molecular weight is 223 g/mol. The van der Waals surface area contributed by atoms with Gasteiger partial charge < -0.3 is 9.64 Å². The van der Waals surface area contributed by atoms with E-state index in [2.05, 4.69) is 10.2 Å². The maximum absolute atomic E-state index is 12.0. The van der Waals surface area contributed by atoms with Crippen molar-refractivity contribution >= 4 is 5.91 Å². The van der Waals surface area contributed by atoms with Gasteiger partial charge in [-0.3, -0.25) is 9.89 Å². The van der Waals surface area contributed by atoms with E-state index >= 15 is 0 Å². The van der Waals surface area contributed by atoms with Gasteiger partial charge in [-0.1, -0.05) is 0 Å². The van der Waals surface area contributed by atoms with E-state index in [0.29, 0.717) is 12.1 Å². The zero-order valence-electron chi connectivity index (χ0n) is 9.69. The Morgan fingerprint density at radius 3 is 3.12 bits per heavy atom. The molecule has 5 nitrogen and oxygen atoms in total. The Bertz CT molecular complexity index is 369. The Morgan fingerprint density at radius 2 is 2.56 bits per heavy atom. The molecule has 16 heavy (non-hydrogen) atoms. The van der Waals surface area contributed by atoms with E-state index < -0.39 is 0 Å². The highest BCUT2D eigenvalue weighted by atomic mass is 16.5. The van der Waals surface area contributed by atoms with Gasteiger partial charge in [0.25, 0.3) is 5.91 Å². The van der Waals surface area contributed by atoms with Gasteiger partial charge in [0.15, 0.2) is 0 Å². The first-order chi connectivity index (χ1) is 7.68. The highest BCUT2D eigenvalue weighted by molar-refractivity contribution is 5.94. The Balaban J connectivity index is 1.96. The van der Waals surface area contributed by atoms with Crippen LogP contribution in [0.1, 0.15) is 28.9 Å². The maximum Gasteiger partial charge on any atom is 0.257 e. The normalized spacial score (nSPS) is 20.0. The first-order valence-corrected chi connectivity index (χ1v) is 5.55. The number of aromatic amines is 1. The van der Waals surface area contributed by atoms with Gasteiger partial charge in [0.2, 0.25) is 0 Å². The number of ether oxygens (including phenoxy) is 1. The van der Waals surface area contributed by atoms with E-state index in [-0.39, 0.29) is 12.0 Å². The smallest absolute Gasteiger partial charge is 0.257 e. The Hall–Kier alpha value is -1.36. The van der Waals surface area contributed by atoms with E-state index in [4.69, 9.17) is 4.74 Å². The van der Waals surface area contributed by atoms with Crippen LogP contribution in [-0.2, 0) is 4.74 Å². The molecule has 1 unspecified atom stereocenters. The molecule has 0 aromatic carbocycles. The maximum atomic E-state index is 12.0. The Morgan fingerprint density at radius 1 is 1.75 bits per heavy atom. The Kier molecular flexibility index (Phi) is 3.24. The number of hydrogen-bond donors (Lipinski definition) is 1. The highest BCUT2D eigenvalue weighted by Gasteiger charge is 2.22. The molecule has 0 aliphatic carbocycles. The highest BCUT2D eigenvalue weighted by Crippen LogP contribution is 2.14. The number of carbonyl (C=O) groups is 1. The summed E-state index contributed by atoms with van der Waals surface area (Å²) in [6.07, 6.45) is 3.91. The third kappa shape index (κ3) is 2.24. The predicted molar refractivity (Wildman–Crippen MR) is 59.3 cm³/mol. The van der Waals surface area contributed by atoms with Crippen molar-refractivity contribution in [1.82, 2.24) is 15.1 Å². The second kappa shape index (κ2) is 4.65. The number of hydrogen-bond acceptors (Lipinski definition) is 3. The van der Waals surface area contributed by atoms with Crippen LogP contribution in [0.5, 0.6) is 0 Å². The lowest BCUT2D eigenvalue weighted by Crippen LogP contribution is -2.34. The summed E-state index contributed by atoms with van der Waals surface area (Å²) in [5.41, 5.74) is 1.45. The number of likely N-dealkylation sites (N-methyl/N-ethyl adjacent to an activating group) is 1. The van der Waals surface area contributed by atoms with Crippen molar-refractivity contribution in [2.45, 2.75) is 25.9 Å². The molecule has 1 saturated heterocycles. The van der Waals surface area contributed by atoms with E-state index in [1.807, 2.05) is 6.92 Å². The summed E-state index contributed by atoms with van der Waals surface area (Å²) in [7, 11) is 1.80. The van der Waals surface area contributed by atoms with E-state index in [9.17, 15) is 4.79 Å². The fourth-order valence-electron chi connectivity index (χ4n) is 1.95. The summed E-state index contributed by atoms with van der Waals surface area (Å²) in [6.45, 7) is 3.32. The standard InChI is InChI=1S/C11H17N3O2/c1-8-10(6-12-13-8)11(15)14(2)7-9-4-3-5-16-9/h6,9H,3-5,7H2,1-2H3,(H,12,13). The average Bonchev–Trinajstić information content (AvgIpc) is 2.88. The molecule has 1 atom stereocenters. The number of aromatic nitrogens is 2. The lowest BCUT2D eigenvalue weighted by Gasteiger charge is -2.20. The SMILES string of the molecule is Cc1[nH]ncc1C(=O)N(C)CC1CCCO1. The molecule has 2 heterocycles. The van der Waals surface area contributed by atoms with Gasteiger partial charge in [-0.2, -0.15) is 5.10 Å². The summed E-state index contributed by atoms with van der Waals surface area (Å²) < 4.78 is 5.50. The van der Waals surface area contributed by atoms with Crippen molar-refractivity contribution in [2.75, 3.05) is 20.2 Å². The quantitative estimate of drug-likeness (QED) is 0.830. The molecule has 1 N–H and O–H groups in total. The van der Waals surface area contributed by atoms with Gasteiger partial charge in [0.05, 0.1) is 17.9 Å². The second-order valence-corrected chi connectivity index (χ2v) is 4.23. The molecule has 0 saturated carbocycles. The summed E-state index contributed by atoms with van der Waals surface area (Å²) in [5.74, 6) is 0.00162. The van der Waals surface area contributed by atoms with Crippen LogP contribution in [0.4, 0.5) is 0 Å². The molecule has 1 aromatic heterocycles.